The minimum Gasteiger partial charge on any atom is -0.383 e. The van der Waals surface area contributed by atoms with Crippen LogP contribution < -0.4 is 5.32 Å². The molecule has 72 valence electrons. The van der Waals surface area contributed by atoms with Crippen molar-refractivity contribution >= 4 is 0 Å². The Bertz CT molecular complexity index is 101. The molecule has 1 N–H and O–H groups in total. The molecule has 1 unspecified atom stereocenters. The third kappa shape index (κ3) is 2.73. The van der Waals surface area contributed by atoms with Gasteiger partial charge in [-0.05, 0) is 13.0 Å². The van der Waals surface area contributed by atoms with Crippen LogP contribution in [0.25, 0.3) is 0 Å². The van der Waals surface area contributed by atoms with Gasteiger partial charge in [-0.1, -0.05) is 6.92 Å². The van der Waals surface area contributed by atoms with Crippen LogP contribution in [0.4, 0.5) is 0 Å². The SMILES string of the molecule is CCCN1CCNCC1COC. The fraction of sp³-hybridized carbons (Fsp3) is 1.00. The first kappa shape index (κ1) is 9.96. The number of hydrogen-bond acceptors (Lipinski definition) is 3. The van der Waals surface area contributed by atoms with E-state index in [1.54, 1.807) is 7.11 Å². The summed E-state index contributed by atoms with van der Waals surface area (Å²) >= 11 is 0. The summed E-state index contributed by atoms with van der Waals surface area (Å²) in [5.74, 6) is 0. The molecule has 0 aromatic heterocycles. The smallest absolute Gasteiger partial charge is 0.0630 e. The molecule has 0 aromatic rings. The lowest BCUT2D eigenvalue weighted by Crippen LogP contribution is -2.53. The Morgan fingerprint density at radius 2 is 2.42 bits per heavy atom. The Morgan fingerprint density at radius 1 is 1.58 bits per heavy atom. The predicted molar refractivity (Wildman–Crippen MR) is 50.4 cm³/mol. The highest BCUT2D eigenvalue weighted by Gasteiger charge is 2.20. The molecule has 1 fully saturated rings. The van der Waals surface area contributed by atoms with Gasteiger partial charge < -0.3 is 10.1 Å². The Labute approximate surface area is 75.1 Å². The summed E-state index contributed by atoms with van der Waals surface area (Å²) < 4.78 is 5.18. The highest BCUT2D eigenvalue weighted by molar-refractivity contribution is 4.78. The van der Waals surface area contributed by atoms with Crippen LogP contribution in [-0.2, 0) is 4.74 Å². The normalized spacial score (nSPS) is 26.0. The van der Waals surface area contributed by atoms with Gasteiger partial charge in [0.2, 0.25) is 0 Å². The van der Waals surface area contributed by atoms with E-state index in [2.05, 4.69) is 17.1 Å². The van der Waals surface area contributed by atoms with Gasteiger partial charge in [-0.3, -0.25) is 4.90 Å². The van der Waals surface area contributed by atoms with E-state index in [0.717, 1.165) is 19.7 Å². The van der Waals surface area contributed by atoms with Crippen molar-refractivity contribution in [3.63, 3.8) is 0 Å². The Hall–Kier alpha value is -0.120. The molecule has 1 atom stereocenters. The van der Waals surface area contributed by atoms with E-state index in [1.807, 2.05) is 0 Å². The molecule has 0 spiro atoms. The van der Waals surface area contributed by atoms with Crippen LogP contribution in [0.3, 0.4) is 0 Å². The molecular formula is C9H20N2O. The summed E-state index contributed by atoms with van der Waals surface area (Å²) in [6.45, 7) is 7.66. The van der Waals surface area contributed by atoms with Gasteiger partial charge in [0, 0.05) is 32.8 Å². The fourth-order valence-electron chi connectivity index (χ4n) is 1.74. The van der Waals surface area contributed by atoms with Crippen LogP contribution in [0.2, 0.25) is 0 Å². The van der Waals surface area contributed by atoms with Gasteiger partial charge >= 0.3 is 0 Å². The average molecular weight is 172 g/mol. The van der Waals surface area contributed by atoms with E-state index in [4.69, 9.17) is 4.74 Å². The van der Waals surface area contributed by atoms with Crippen molar-refractivity contribution in [3.8, 4) is 0 Å². The number of methoxy groups -OCH3 is 1. The zero-order chi connectivity index (χ0) is 8.81. The topological polar surface area (TPSA) is 24.5 Å². The molecule has 0 aliphatic carbocycles. The lowest BCUT2D eigenvalue weighted by Gasteiger charge is -2.35. The fourth-order valence-corrected chi connectivity index (χ4v) is 1.74. The molecule has 0 bridgehead atoms. The summed E-state index contributed by atoms with van der Waals surface area (Å²) in [7, 11) is 1.78. The van der Waals surface area contributed by atoms with Crippen LogP contribution in [0, 0.1) is 0 Å². The van der Waals surface area contributed by atoms with Crippen molar-refractivity contribution in [2.75, 3.05) is 39.9 Å². The molecule has 1 aliphatic rings. The van der Waals surface area contributed by atoms with Crippen LogP contribution in [0.1, 0.15) is 13.3 Å². The van der Waals surface area contributed by atoms with Crippen molar-refractivity contribution < 1.29 is 4.74 Å². The molecule has 1 saturated heterocycles. The summed E-state index contributed by atoms with van der Waals surface area (Å²) in [6, 6.07) is 0.587. The minimum absolute atomic E-state index is 0.587. The molecule has 0 saturated carbocycles. The number of rotatable bonds is 4. The molecule has 3 nitrogen and oxygen atoms in total. The van der Waals surface area contributed by atoms with Crippen molar-refractivity contribution in [2.24, 2.45) is 0 Å². The van der Waals surface area contributed by atoms with Crippen LogP contribution in [0.15, 0.2) is 0 Å². The van der Waals surface area contributed by atoms with E-state index in [1.165, 1.54) is 19.5 Å². The zero-order valence-corrected chi connectivity index (χ0v) is 8.18. The standard InChI is InChI=1S/C9H20N2O/c1-3-5-11-6-4-10-7-9(11)8-12-2/h9-10H,3-8H2,1-2H3. The largest absolute Gasteiger partial charge is 0.383 e. The third-order valence-corrected chi connectivity index (χ3v) is 2.34. The van der Waals surface area contributed by atoms with Crippen molar-refractivity contribution in [2.45, 2.75) is 19.4 Å². The quantitative estimate of drug-likeness (QED) is 0.661. The van der Waals surface area contributed by atoms with Gasteiger partial charge in [0.25, 0.3) is 0 Å². The Morgan fingerprint density at radius 3 is 3.08 bits per heavy atom. The highest BCUT2D eigenvalue weighted by atomic mass is 16.5. The highest BCUT2D eigenvalue weighted by Crippen LogP contribution is 2.03. The van der Waals surface area contributed by atoms with Gasteiger partial charge in [-0.25, -0.2) is 0 Å². The number of nitrogens with zero attached hydrogens (tertiary/aromatic N) is 1. The molecule has 12 heavy (non-hydrogen) atoms. The molecule has 1 aliphatic heterocycles. The van der Waals surface area contributed by atoms with Crippen molar-refractivity contribution in [3.05, 3.63) is 0 Å². The lowest BCUT2D eigenvalue weighted by molar-refractivity contribution is 0.0737. The molecule has 0 aromatic carbocycles. The molecular weight excluding hydrogens is 152 g/mol. The maximum absolute atomic E-state index is 5.18. The Balaban J connectivity index is 2.31. The zero-order valence-electron chi connectivity index (χ0n) is 8.18. The first-order valence-electron chi connectivity index (χ1n) is 4.82. The van der Waals surface area contributed by atoms with Crippen LogP contribution >= 0.6 is 0 Å². The predicted octanol–water partition coefficient (Wildman–Crippen LogP) is 0.317. The first-order chi connectivity index (χ1) is 5.88. The number of hydrogen-bond donors (Lipinski definition) is 1. The van der Waals surface area contributed by atoms with Crippen LogP contribution in [0.5, 0.6) is 0 Å². The van der Waals surface area contributed by atoms with Crippen molar-refractivity contribution in [1.82, 2.24) is 10.2 Å². The van der Waals surface area contributed by atoms with Gasteiger partial charge in [0.05, 0.1) is 6.61 Å². The molecule has 3 heteroatoms. The third-order valence-electron chi connectivity index (χ3n) is 2.34. The second kappa shape index (κ2) is 5.51. The molecule has 1 rings (SSSR count). The van der Waals surface area contributed by atoms with E-state index in [0.29, 0.717) is 6.04 Å². The maximum Gasteiger partial charge on any atom is 0.0630 e. The second-order valence-corrected chi connectivity index (χ2v) is 3.35. The lowest BCUT2D eigenvalue weighted by atomic mass is 10.2. The monoisotopic (exact) mass is 172 g/mol. The van der Waals surface area contributed by atoms with E-state index < -0.39 is 0 Å². The summed E-state index contributed by atoms with van der Waals surface area (Å²) in [5.41, 5.74) is 0. The van der Waals surface area contributed by atoms with Gasteiger partial charge in [-0.15, -0.1) is 0 Å². The molecule has 1 heterocycles. The number of nitrogens with one attached hydrogen (secondary N) is 1. The molecule has 0 radical (unpaired) electrons. The van der Waals surface area contributed by atoms with E-state index >= 15 is 0 Å². The average Bonchev–Trinajstić information content (AvgIpc) is 2.09. The number of ether oxygens (including phenoxy) is 1. The van der Waals surface area contributed by atoms with E-state index in [-0.39, 0.29) is 0 Å². The summed E-state index contributed by atoms with van der Waals surface area (Å²) in [4.78, 5) is 2.51. The Kier molecular flexibility index (Phi) is 4.58. The van der Waals surface area contributed by atoms with E-state index in [9.17, 15) is 0 Å². The minimum atomic E-state index is 0.587. The first-order valence-corrected chi connectivity index (χ1v) is 4.82. The molecule has 0 amide bonds. The second-order valence-electron chi connectivity index (χ2n) is 3.35. The van der Waals surface area contributed by atoms with Gasteiger partial charge in [-0.2, -0.15) is 0 Å². The summed E-state index contributed by atoms with van der Waals surface area (Å²) in [5, 5.41) is 3.39. The maximum atomic E-state index is 5.18. The number of piperazine rings is 1. The van der Waals surface area contributed by atoms with Crippen LogP contribution in [-0.4, -0.2) is 50.8 Å². The summed E-state index contributed by atoms with van der Waals surface area (Å²) in [6.07, 6.45) is 1.24. The van der Waals surface area contributed by atoms with Gasteiger partial charge in [0.1, 0.15) is 0 Å². The van der Waals surface area contributed by atoms with Gasteiger partial charge in [0.15, 0.2) is 0 Å². The van der Waals surface area contributed by atoms with Crippen molar-refractivity contribution in [1.29, 1.82) is 0 Å².